The standard InChI is InChI=1S/C12H17N3O4/c1-19-11-9(12(17)18)10(13-6-14-11)15-7-2-4-8(16)5-3-7/h6-8,16H,2-5H2,1H3,(H,17,18)(H,13,14,15). The Kier molecular flexibility index (Phi) is 4.16. The first-order valence-electron chi connectivity index (χ1n) is 6.18. The van der Waals surface area contributed by atoms with Gasteiger partial charge in [0.25, 0.3) is 0 Å². The van der Waals surface area contributed by atoms with Crippen molar-refractivity contribution in [3.05, 3.63) is 11.9 Å². The van der Waals surface area contributed by atoms with Gasteiger partial charge >= 0.3 is 5.97 Å². The molecule has 1 aliphatic rings. The molecular weight excluding hydrogens is 250 g/mol. The van der Waals surface area contributed by atoms with Gasteiger partial charge in [-0.2, -0.15) is 0 Å². The van der Waals surface area contributed by atoms with Crippen molar-refractivity contribution < 1.29 is 19.7 Å². The second-order valence-electron chi connectivity index (χ2n) is 4.56. The maximum atomic E-state index is 11.3. The Bertz CT molecular complexity index is 458. The molecule has 1 heterocycles. The third kappa shape index (κ3) is 3.11. The molecule has 7 nitrogen and oxygen atoms in total. The van der Waals surface area contributed by atoms with Gasteiger partial charge in [-0.3, -0.25) is 0 Å². The molecule has 1 aromatic heterocycles. The molecule has 0 atom stereocenters. The summed E-state index contributed by atoms with van der Waals surface area (Å²) in [7, 11) is 1.37. The predicted octanol–water partition coefficient (Wildman–Crippen LogP) is 0.899. The van der Waals surface area contributed by atoms with Gasteiger partial charge < -0.3 is 20.3 Å². The number of hydrogen-bond donors (Lipinski definition) is 3. The van der Waals surface area contributed by atoms with Crippen molar-refractivity contribution in [2.75, 3.05) is 12.4 Å². The predicted molar refractivity (Wildman–Crippen MR) is 67.4 cm³/mol. The number of nitrogens with zero attached hydrogens (tertiary/aromatic N) is 2. The number of carboxylic acids is 1. The normalized spacial score (nSPS) is 22.8. The van der Waals surface area contributed by atoms with Gasteiger partial charge in [0.1, 0.15) is 12.1 Å². The van der Waals surface area contributed by atoms with Gasteiger partial charge in [-0.05, 0) is 25.7 Å². The smallest absolute Gasteiger partial charge is 0.345 e. The van der Waals surface area contributed by atoms with Crippen molar-refractivity contribution in [1.29, 1.82) is 0 Å². The highest BCUT2D eigenvalue weighted by molar-refractivity contribution is 5.95. The van der Waals surface area contributed by atoms with E-state index < -0.39 is 5.97 Å². The number of hydrogen-bond acceptors (Lipinski definition) is 6. The van der Waals surface area contributed by atoms with E-state index in [9.17, 15) is 15.0 Å². The van der Waals surface area contributed by atoms with Crippen molar-refractivity contribution in [3.8, 4) is 5.88 Å². The van der Waals surface area contributed by atoms with Crippen LogP contribution in [0.3, 0.4) is 0 Å². The van der Waals surface area contributed by atoms with Crippen LogP contribution in [-0.4, -0.2) is 45.4 Å². The molecule has 0 amide bonds. The number of nitrogens with one attached hydrogen (secondary N) is 1. The van der Waals surface area contributed by atoms with E-state index in [1.807, 2.05) is 0 Å². The molecule has 0 saturated heterocycles. The fourth-order valence-electron chi connectivity index (χ4n) is 2.24. The Labute approximate surface area is 110 Å². The van der Waals surface area contributed by atoms with Gasteiger partial charge in [0, 0.05) is 6.04 Å². The van der Waals surface area contributed by atoms with Gasteiger partial charge in [-0.1, -0.05) is 0 Å². The minimum Gasteiger partial charge on any atom is -0.480 e. The highest BCUT2D eigenvalue weighted by Crippen LogP contribution is 2.26. The molecule has 0 aromatic carbocycles. The lowest BCUT2D eigenvalue weighted by atomic mass is 9.93. The first-order chi connectivity index (χ1) is 9.11. The fourth-order valence-corrected chi connectivity index (χ4v) is 2.24. The minimum absolute atomic E-state index is 0.0424. The zero-order chi connectivity index (χ0) is 13.8. The maximum absolute atomic E-state index is 11.3. The largest absolute Gasteiger partial charge is 0.480 e. The second-order valence-corrected chi connectivity index (χ2v) is 4.56. The number of methoxy groups -OCH3 is 1. The summed E-state index contributed by atoms with van der Waals surface area (Å²) in [6.07, 6.45) is 4.01. The van der Waals surface area contributed by atoms with Crippen LogP contribution >= 0.6 is 0 Å². The Morgan fingerprint density at radius 2 is 2.05 bits per heavy atom. The number of anilines is 1. The van der Waals surface area contributed by atoms with E-state index in [0.717, 1.165) is 12.8 Å². The molecule has 1 saturated carbocycles. The van der Waals surface area contributed by atoms with E-state index in [0.29, 0.717) is 12.8 Å². The molecule has 3 N–H and O–H groups in total. The average molecular weight is 267 g/mol. The molecule has 19 heavy (non-hydrogen) atoms. The van der Waals surface area contributed by atoms with Crippen molar-refractivity contribution in [3.63, 3.8) is 0 Å². The van der Waals surface area contributed by atoms with Gasteiger partial charge in [0.15, 0.2) is 5.56 Å². The molecule has 104 valence electrons. The van der Waals surface area contributed by atoms with Crippen LogP contribution in [0.4, 0.5) is 5.82 Å². The van der Waals surface area contributed by atoms with Crippen molar-refractivity contribution >= 4 is 11.8 Å². The van der Waals surface area contributed by atoms with Crippen LogP contribution in [0.25, 0.3) is 0 Å². The topological polar surface area (TPSA) is 105 Å². The molecule has 0 spiro atoms. The van der Waals surface area contributed by atoms with Crippen LogP contribution in [0.2, 0.25) is 0 Å². The summed E-state index contributed by atoms with van der Waals surface area (Å²) in [5.41, 5.74) is -0.0591. The molecule has 1 aromatic rings. The maximum Gasteiger partial charge on any atom is 0.345 e. The van der Waals surface area contributed by atoms with E-state index in [1.54, 1.807) is 0 Å². The number of aliphatic hydroxyl groups is 1. The van der Waals surface area contributed by atoms with Crippen LogP contribution in [0.1, 0.15) is 36.0 Å². The average Bonchev–Trinajstić information content (AvgIpc) is 2.40. The number of aromatic nitrogens is 2. The van der Waals surface area contributed by atoms with E-state index in [1.165, 1.54) is 13.4 Å². The number of carbonyl (C=O) groups is 1. The molecule has 7 heteroatoms. The van der Waals surface area contributed by atoms with Gasteiger partial charge in [-0.25, -0.2) is 14.8 Å². The zero-order valence-corrected chi connectivity index (χ0v) is 10.7. The van der Waals surface area contributed by atoms with Crippen LogP contribution < -0.4 is 10.1 Å². The highest BCUT2D eigenvalue weighted by atomic mass is 16.5. The monoisotopic (exact) mass is 267 g/mol. The lowest BCUT2D eigenvalue weighted by molar-refractivity contribution is 0.0692. The zero-order valence-electron chi connectivity index (χ0n) is 10.7. The number of aliphatic hydroxyl groups excluding tert-OH is 1. The quantitative estimate of drug-likeness (QED) is 0.744. The van der Waals surface area contributed by atoms with Gasteiger partial charge in [-0.15, -0.1) is 0 Å². The molecule has 1 aliphatic carbocycles. The second kappa shape index (κ2) is 5.83. The summed E-state index contributed by atoms with van der Waals surface area (Å²) in [4.78, 5) is 19.0. The molecule has 0 bridgehead atoms. The van der Waals surface area contributed by atoms with E-state index in [2.05, 4.69) is 15.3 Å². The van der Waals surface area contributed by atoms with Crippen LogP contribution in [-0.2, 0) is 0 Å². The van der Waals surface area contributed by atoms with Crippen LogP contribution in [0.5, 0.6) is 5.88 Å². The summed E-state index contributed by atoms with van der Waals surface area (Å²) >= 11 is 0. The van der Waals surface area contributed by atoms with Gasteiger partial charge in [0.2, 0.25) is 5.88 Å². The summed E-state index contributed by atoms with van der Waals surface area (Å²) in [6, 6.07) is 0.112. The van der Waals surface area contributed by atoms with Gasteiger partial charge in [0.05, 0.1) is 13.2 Å². The summed E-state index contributed by atoms with van der Waals surface area (Å²) < 4.78 is 4.94. The lowest BCUT2D eigenvalue weighted by Gasteiger charge is -2.27. The minimum atomic E-state index is -1.13. The third-order valence-corrected chi connectivity index (χ3v) is 3.26. The lowest BCUT2D eigenvalue weighted by Crippen LogP contribution is -2.29. The molecule has 0 unspecified atom stereocenters. The fraction of sp³-hybridized carbons (Fsp3) is 0.583. The Hall–Kier alpha value is -1.89. The summed E-state index contributed by atoms with van der Waals surface area (Å²) in [5, 5.41) is 21.8. The molecule has 0 aliphatic heterocycles. The third-order valence-electron chi connectivity index (χ3n) is 3.26. The molecule has 2 rings (SSSR count). The van der Waals surface area contributed by atoms with Crippen LogP contribution in [0.15, 0.2) is 6.33 Å². The Morgan fingerprint density at radius 1 is 1.37 bits per heavy atom. The Morgan fingerprint density at radius 3 is 2.63 bits per heavy atom. The van der Waals surface area contributed by atoms with Crippen molar-refractivity contribution in [1.82, 2.24) is 9.97 Å². The van der Waals surface area contributed by atoms with Crippen LogP contribution in [0, 0.1) is 0 Å². The van der Waals surface area contributed by atoms with Crippen molar-refractivity contribution in [2.45, 2.75) is 37.8 Å². The number of aromatic carboxylic acids is 1. The first kappa shape index (κ1) is 13.5. The number of ether oxygens (including phenoxy) is 1. The molecule has 0 radical (unpaired) electrons. The summed E-state index contributed by atoms with van der Waals surface area (Å²) in [6.45, 7) is 0. The first-order valence-corrected chi connectivity index (χ1v) is 6.18. The van der Waals surface area contributed by atoms with Crippen molar-refractivity contribution in [2.24, 2.45) is 0 Å². The highest BCUT2D eigenvalue weighted by Gasteiger charge is 2.24. The Balaban J connectivity index is 2.17. The van der Waals surface area contributed by atoms with E-state index in [4.69, 9.17) is 4.74 Å². The van der Waals surface area contributed by atoms with E-state index in [-0.39, 0.29) is 29.4 Å². The summed E-state index contributed by atoms with van der Waals surface area (Å²) in [5.74, 6) is -0.822. The SMILES string of the molecule is COc1ncnc(NC2CCC(O)CC2)c1C(=O)O. The van der Waals surface area contributed by atoms with E-state index >= 15 is 0 Å². The number of carboxylic acid groups (broad SMARTS) is 1. The number of rotatable bonds is 4. The molecular formula is C12H17N3O4. The molecule has 1 fully saturated rings.